The molecule has 0 saturated carbocycles. The minimum atomic E-state index is 0.686. The van der Waals surface area contributed by atoms with Gasteiger partial charge in [0.1, 0.15) is 0 Å². The van der Waals surface area contributed by atoms with E-state index in [2.05, 4.69) is 35.9 Å². The summed E-state index contributed by atoms with van der Waals surface area (Å²) in [4.78, 5) is 6.86. The van der Waals surface area contributed by atoms with Crippen LogP contribution in [0.15, 0.2) is 24.5 Å². The predicted molar refractivity (Wildman–Crippen MR) is 88.8 cm³/mol. The summed E-state index contributed by atoms with van der Waals surface area (Å²) in [5, 5.41) is 0. The molecule has 0 amide bonds. The second-order valence-corrected chi connectivity index (χ2v) is 4.96. The van der Waals surface area contributed by atoms with Gasteiger partial charge in [0.25, 0.3) is 0 Å². The van der Waals surface area contributed by atoms with Crippen LogP contribution in [0.1, 0.15) is 52.2 Å². The van der Waals surface area contributed by atoms with Crippen LogP contribution in [0.4, 0.5) is 0 Å². The smallest absolute Gasteiger partial charge is 0.0343 e. The van der Waals surface area contributed by atoms with E-state index in [9.17, 15) is 0 Å². The number of rotatable bonds is 2. The maximum Gasteiger partial charge on any atom is 0.0343 e. The molecule has 1 aliphatic carbocycles. The van der Waals surface area contributed by atoms with Crippen LogP contribution in [0.25, 0.3) is 5.57 Å². The van der Waals surface area contributed by atoms with Gasteiger partial charge in [-0.1, -0.05) is 40.7 Å². The normalized spacial score (nSPS) is 23.4. The van der Waals surface area contributed by atoms with E-state index in [1.807, 2.05) is 40.1 Å². The Balaban J connectivity index is 0.000000461. The number of aryl methyl sites for hydroxylation is 1. The number of likely N-dealkylation sites (tertiary alicyclic amines) is 1. The summed E-state index contributed by atoms with van der Waals surface area (Å²) in [5.74, 6) is 0.744. The van der Waals surface area contributed by atoms with Crippen molar-refractivity contribution in [1.29, 1.82) is 0 Å². The van der Waals surface area contributed by atoms with E-state index >= 15 is 0 Å². The van der Waals surface area contributed by atoms with Gasteiger partial charge in [-0.2, -0.15) is 0 Å². The van der Waals surface area contributed by atoms with Crippen molar-refractivity contribution in [2.24, 2.45) is 5.92 Å². The fourth-order valence-corrected chi connectivity index (χ4v) is 3.08. The third-order valence-corrected chi connectivity index (χ3v) is 3.88. The number of pyridine rings is 1. The van der Waals surface area contributed by atoms with E-state index in [4.69, 9.17) is 0 Å². The SMILES string of the molecule is CC.CC.CCN1CC2CC1C=C2c1cncc(C)c1. The van der Waals surface area contributed by atoms with Gasteiger partial charge in [0, 0.05) is 25.0 Å². The molecule has 3 rings (SSSR count). The molecule has 2 bridgehead atoms. The van der Waals surface area contributed by atoms with Gasteiger partial charge in [-0.3, -0.25) is 9.88 Å². The monoisotopic (exact) mass is 274 g/mol. The molecule has 112 valence electrons. The second-order valence-electron chi connectivity index (χ2n) is 4.96. The average molecular weight is 274 g/mol. The highest BCUT2D eigenvalue weighted by molar-refractivity contribution is 5.71. The van der Waals surface area contributed by atoms with Crippen molar-refractivity contribution in [3.05, 3.63) is 35.7 Å². The summed E-state index contributed by atoms with van der Waals surface area (Å²) in [5.41, 5.74) is 4.13. The minimum absolute atomic E-state index is 0.686. The summed E-state index contributed by atoms with van der Waals surface area (Å²) < 4.78 is 0. The molecule has 1 aliphatic heterocycles. The first-order chi connectivity index (χ1) is 9.78. The summed E-state index contributed by atoms with van der Waals surface area (Å²) in [7, 11) is 0. The van der Waals surface area contributed by atoms with Crippen molar-refractivity contribution in [2.45, 2.75) is 54.0 Å². The van der Waals surface area contributed by atoms with Crippen LogP contribution < -0.4 is 0 Å². The lowest BCUT2D eigenvalue weighted by Crippen LogP contribution is -2.30. The standard InChI is InChI=1S/C14H18N2.2C2H6/c1-3-16-9-12-5-13(16)6-14(12)11-4-10(2)7-15-8-11;2*1-2/h4,6-8,12-13H,3,5,9H2,1-2H3;2*1-2H3. The fraction of sp³-hybridized carbons (Fsp3) is 0.611. The zero-order valence-corrected chi connectivity index (χ0v) is 14.0. The van der Waals surface area contributed by atoms with Crippen molar-refractivity contribution < 1.29 is 0 Å². The molecule has 20 heavy (non-hydrogen) atoms. The van der Waals surface area contributed by atoms with Crippen LogP contribution >= 0.6 is 0 Å². The third kappa shape index (κ3) is 3.49. The number of aromatic nitrogens is 1. The van der Waals surface area contributed by atoms with Gasteiger partial charge in [-0.15, -0.1) is 0 Å². The summed E-state index contributed by atoms with van der Waals surface area (Å²) >= 11 is 0. The molecule has 0 spiro atoms. The molecule has 2 heterocycles. The predicted octanol–water partition coefficient (Wildman–Crippen LogP) is 4.55. The van der Waals surface area contributed by atoms with E-state index < -0.39 is 0 Å². The first-order valence-electron chi connectivity index (χ1n) is 8.15. The largest absolute Gasteiger partial charge is 0.297 e. The van der Waals surface area contributed by atoms with Crippen LogP contribution in [-0.2, 0) is 0 Å². The van der Waals surface area contributed by atoms with Crippen LogP contribution in [0.3, 0.4) is 0 Å². The highest BCUT2D eigenvalue weighted by Crippen LogP contribution is 2.41. The Hall–Kier alpha value is -1.15. The van der Waals surface area contributed by atoms with Crippen LogP contribution in [0.2, 0.25) is 0 Å². The second kappa shape index (κ2) is 8.21. The third-order valence-electron chi connectivity index (χ3n) is 3.88. The van der Waals surface area contributed by atoms with Crippen LogP contribution in [-0.4, -0.2) is 29.0 Å². The molecule has 1 fully saturated rings. The highest BCUT2D eigenvalue weighted by atomic mass is 15.2. The van der Waals surface area contributed by atoms with E-state index in [1.165, 1.54) is 36.2 Å². The Labute approximate surface area is 124 Å². The maximum absolute atomic E-state index is 4.30. The first kappa shape index (κ1) is 16.9. The van der Waals surface area contributed by atoms with Crippen LogP contribution in [0.5, 0.6) is 0 Å². The molecule has 2 unspecified atom stereocenters. The molecule has 0 aromatic carbocycles. The minimum Gasteiger partial charge on any atom is -0.297 e. The highest BCUT2D eigenvalue weighted by Gasteiger charge is 2.38. The lowest BCUT2D eigenvalue weighted by atomic mass is 9.96. The zero-order chi connectivity index (χ0) is 15.1. The van der Waals surface area contributed by atoms with E-state index in [1.54, 1.807) is 0 Å². The molecule has 1 aromatic rings. The van der Waals surface area contributed by atoms with Gasteiger partial charge < -0.3 is 0 Å². The quantitative estimate of drug-likeness (QED) is 0.786. The summed E-state index contributed by atoms with van der Waals surface area (Å²) in [6, 6.07) is 2.95. The topological polar surface area (TPSA) is 16.1 Å². The number of hydrogen-bond donors (Lipinski definition) is 0. The Morgan fingerprint density at radius 2 is 1.90 bits per heavy atom. The molecule has 2 heteroatoms. The van der Waals surface area contributed by atoms with Crippen LogP contribution in [0, 0.1) is 12.8 Å². The fourth-order valence-electron chi connectivity index (χ4n) is 3.08. The maximum atomic E-state index is 4.30. The van der Waals surface area contributed by atoms with Crippen molar-refractivity contribution >= 4 is 5.57 Å². The molecule has 2 aliphatic rings. The van der Waals surface area contributed by atoms with Crippen molar-refractivity contribution in [3.63, 3.8) is 0 Å². The van der Waals surface area contributed by atoms with E-state index in [0.29, 0.717) is 6.04 Å². The van der Waals surface area contributed by atoms with Gasteiger partial charge in [-0.05, 0) is 48.6 Å². The zero-order valence-electron chi connectivity index (χ0n) is 14.0. The number of likely N-dealkylation sites (N-methyl/N-ethyl adjacent to an activating group) is 1. The molecule has 0 N–H and O–H groups in total. The molecular weight excluding hydrogens is 244 g/mol. The molecular formula is C18H30N2. The van der Waals surface area contributed by atoms with Gasteiger partial charge in [0.15, 0.2) is 0 Å². The molecule has 1 aromatic heterocycles. The lowest BCUT2D eigenvalue weighted by Gasteiger charge is -2.24. The Bertz CT molecular complexity index is 437. The van der Waals surface area contributed by atoms with E-state index in [0.717, 1.165) is 5.92 Å². The number of fused-ring (bicyclic) bond motifs is 2. The van der Waals surface area contributed by atoms with Gasteiger partial charge in [0.2, 0.25) is 0 Å². The average Bonchev–Trinajstić information content (AvgIpc) is 3.11. The lowest BCUT2D eigenvalue weighted by molar-refractivity contribution is 0.297. The summed E-state index contributed by atoms with van der Waals surface area (Å²) in [6.45, 7) is 14.8. The van der Waals surface area contributed by atoms with Crippen molar-refractivity contribution in [3.8, 4) is 0 Å². The molecule has 1 saturated heterocycles. The number of nitrogens with zero attached hydrogens (tertiary/aromatic N) is 2. The Morgan fingerprint density at radius 1 is 1.20 bits per heavy atom. The van der Waals surface area contributed by atoms with Gasteiger partial charge >= 0.3 is 0 Å². The van der Waals surface area contributed by atoms with Crippen molar-refractivity contribution in [1.82, 2.24) is 9.88 Å². The van der Waals surface area contributed by atoms with Gasteiger partial charge in [0.05, 0.1) is 0 Å². The molecule has 0 radical (unpaired) electrons. The first-order valence-corrected chi connectivity index (χ1v) is 8.15. The Kier molecular flexibility index (Phi) is 6.94. The van der Waals surface area contributed by atoms with Gasteiger partial charge in [-0.25, -0.2) is 0 Å². The molecule has 2 nitrogen and oxygen atoms in total. The Morgan fingerprint density at radius 3 is 2.40 bits per heavy atom. The van der Waals surface area contributed by atoms with E-state index in [-0.39, 0.29) is 0 Å². The molecule has 2 atom stereocenters. The summed E-state index contributed by atoms with van der Waals surface area (Å²) in [6.07, 6.45) is 7.71. The van der Waals surface area contributed by atoms with Crippen molar-refractivity contribution in [2.75, 3.05) is 13.1 Å². The number of hydrogen-bond acceptors (Lipinski definition) is 2.